The van der Waals surface area contributed by atoms with E-state index in [0.717, 1.165) is 38.4 Å². The maximum atomic E-state index is 12.7. The molecule has 1 aromatic heterocycles. The van der Waals surface area contributed by atoms with Gasteiger partial charge in [0.2, 0.25) is 5.95 Å². The third-order valence-electron chi connectivity index (χ3n) is 4.05. The quantitative estimate of drug-likeness (QED) is 0.842. The number of amides is 1. The number of piperazine rings is 1. The molecule has 0 spiro atoms. The van der Waals surface area contributed by atoms with Crippen molar-refractivity contribution in [2.45, 2.75) is 26.7 Å². The van der Waals surface area contributed by atoms with Crippen LogP contribution in [-0.4, -0.2) is 72.5 Å². The van der Waals surface area contributed by atoms with Crippen LogP contribution in [0.5, 0.6) is 0 Å². The minimum Gasteiger partial charge on any atom is -0.347 e. The summed E-state index contributed by atoms with van der Waals surface area (Å²) in [6.07, 6.45) is 0. The van der Waals surface area contributed by atoms with Crippen LogP contribution in [0.1, 0.15) is 42.9 Å². The first-order valence-corrected chi connectivity index (χ1v) is 8.00. The molecule has 0 saturated carbocycles. The van der Waals surface area contributed by atoms with E-state index in [1.54, 1.807) is 0 Å². The van der Waals surface area contributed by atoms with Gasteiger partial charge in [-0.25, -0.2) is 9.97 Å². The van der Waals surface area contributed by atoms with Crippen molar-refractivity contribution < 1.29 is 4.79 Å². The van der Waals surface area contributed by atoms with E-state index in [2.05, 4.69) is 35.6 Å². The highest BCUT2D eigenvalue weighted by atomic mass is 16.2. The molecule has 1 fully saturated rings. The van der Waals surface area contributed by atoms with Crippen molar-refractivity contribution in [3.05, 3.63) is 17.5 Å². The first-order chi connectivity index (χ1) is 10.4. The third-order valence-corrected chi connectivity index (χ3v) is 4.05. The van der Waals surface area contributed by atoms with Gasteiger partial charge in [0.15, 0.2) is 0 Å². The van der Waals surface area contributed by atoms with Gasteiger partial charge in [-0.2, -0.15) is 0 Å². The van der Waals surface area contributed by atoms with Crippen LogP contribution in [-0.2, 0) is 0 Å². The zero-order valence-corrected chi connectivity index (χ0v) is 14.3. The molecule has 0 unspecified atom stereocenters. The van der Waals surface area contributed by atoms with Gasteiger partial charge in [-0.3, -0.25) is 4.79 Å². The summed E-state index contributed by atoms with van der Waals surface area (Å²) in [5.74, 6) is 0.884. The number of rotatable bonds is 4. The van der Waals surface area contributed by atoms with Crippen LogP contribution in [0.25, 0.3) is 0 Å². The third kappa shape index (κ3) is 3.74. The van der Waals surface area contributed by atoms with Crippen LogP contribution >= 0.6 is 0 Å². The molecule has 1 aromatic rings. The molecule has 1 aliphatic rings. The highest BCUT2D eigenvalue weighted by molar-refractivity contribution is 5.92. The Bertz CT molecular complexity index is 495. The second kappa shape index (κ2) is 7.05. The monoisotopic (exact) mass is 305 g/mol. The van der Waals surface area contributed by atoms with Gasteiger partial charge in [0.1, 0.15) is 5.69 Å². The van der Waals surface area contributed by atoms with E-state index in [1.807, 2.05) is 30.0 Å². The van der Waals surface area contributed by atoms with Crippen molar-refractivity contribution in [2.75, 3.05) is 51.7 Å². The number of nitrogens with zero attached hydrogens (tertiary/aromatic N) is 5. The molecule has 0 aliphatic carbocycles. The van der Waals surface area contributed by atoms with Crippen molar-refractivity contribution >= 4 is 11.9 Å². The molecule has 22 heavy (non-hydrogen) atoms. The summed E-state index contributed by atoms with van der Waals surface area (Å²) in [5, 5.41) is 0. The lowest BCUT2D eigenvalue weighted by molar-refractivity contribution is 0.0637. The molecule has 0 radical (unpaired) electrons. The highest BCUT2D eigenvalue weighted by Crippen LogP contribution is 2.17. The lowest BCUT2D eigenvalue weighted by Gasteiger charge is -2.34. The van der Waals surface area contributed by atoms with E-state index in [-0.39, 0.29) is 11.8 Å². The molecule has 1 aliphatic heterocycles. The SMILES string of the molecule is CCN1CCN(C(=O)c2cc(C(C)C)nc(N(C)C)n2)CC1. The Labute approximate surface area is 133 Å². The van der Waals surface area contributed by atoms with Crippen LogP contribution in [0.15, 0.2) is 6.07 Å². The summed E-state index contributed by atoms with van der Waals surface area (Å²) in [5.41, 5.74) is 1.42. The van der Waals surface area contributed by atoms with Crippen molar-refractivity contribution in [3.63, 3.8) is 0 Å². The second-order valence-corrected chi connectivity index (χ2v) is 6.25. The Morgan fingerprint density at radius 2 is 1.86 bits per heavy atom. The van der Waals surface area contributed by atoms with Crippen LogP contribution in [0, 0.1) is 0 Å². The van der Waals surface area contributed by atoms with Crippen molar-refractivity contribution in [2.24, 2.45) is 0 Å². The number of carbonyl (C=O) groups is 1. The average molecular weight is 305 g/mol. The fourth-order valence-corrected chi connectivity index (χ4v) is 2.49. The predicted molar refractivity (Wildman–Crippen MR) is 88.5 cm³/mol. The van der Waals surface area contributed by atoms with E-state index in [0.29, 0.717) is 11.6 Å². The standard InChI is InChI=1S/C16H27N5O/c1-6-20-7-9-21(10-8-20)15(22)14-11-13(12(2)3)17-16(18-14)19(4)5/h11-12H,6-10H2,1-5H3. The summed E-state index contributed by atoms with van der Waals surface area (Å²) in [6, 6.07) is 1.84. The molecule has 0 atom stereocenters. The van der Waals surface area contributed by atoms with Crippen LogP contribution in [0.3, 0.4) is 0 Å². The highest BCUT2D eigenvalue weighted by Gasteiger charge is 2.23. The maximum Gasteiger partial charge on any atom is 0.272 e. The van der Waals surface area contributed by atoms with Gasteiger partial charge in [-0.15, -0.1) is 0 Å². The van der Waals surface area contributed by atoms with E-state index >= 15 is 0 Å². The molecule has 1 saturated heterocycles. The molecule has 122 valence electrons. The van der Waals surface area contributed by atoms with Crippen LogP contribution < -0.4 is 4.90 Å². The normalized spacial score (nSPS) is 16.2. The summed E-state index contributed by atoms with van der Waals surface area (Å²) in [4.78, 5) is 27.8. The van der Waals surface area contributed by atoms with Crippen molar-refractivity contribution in [3.8, 4) is 0 Å². The molecule has 2 heterocycles. The van der Waals surface area contributed by atoms with Gasteiger partial charge < -0.3 is 14.7 Å². The van der Waals surface area contributed by atoms with Gasteiger partial charge in [0, 0.05) is 46.0 Å². The molecule has 0 aromatic carbocycles. The first-order valence-electron chi connectivity index (χ1n) is 8.00. The van der Waals surface area contributed by atoms with Gasteiger partial charge in [-0.1, -0.05) is 20.8 Å². The Kier molecular flexibility index (Phi) is 5.34. The number of hydrogen-bond acceptors (Lipinski definition) is 5. The van der Waals surface area contributed by atoms with E-state index in [4.69, 9.17) is 0 Å². The summed E-state index contributed by atoms with van der Waals surface area (Å²) in [6.45, 7) is 10.8. The lowest BCUT2D eigenvalue weighted by Crippen LogP contribution is -2.48. The Hall–Kier alpha value is -1.69. The minimum absolute atomic E-state index is 0.0168. The van der Waals surface area contributed by atoms with Gasteiger partial charge in [0.25, 0.3) is 5.91 Å². The van der Waals surface area contributed by atoms with Crippen LogP contribution in [0.4, 0.5) is 5.95 Å². The maximum absolute atomic E-state index is 12.7. The zero-order valence-electron chi connectivity index (χ0n) is 14.3. The summed E-state index contributed by atoms with van der Waals surface area (Å²) >= 11 is 0. The van der Waals surface area contributed by atoms with E-state index in [9.17, 15) is 4.79 Å². The number of likely N-dealkylation sites (N-methyl/N-ethyl adjacent to an activating group) is 1. The van der Waals surface area contributed by atoms with Crippen molar-refractivity contribution in [1.82, 2.24) is 19.8 Å². The Morgan fingerprint density at radius 1 is 1.23 bits per heavy atom. The first kappa shape index (κ1) is 16.7. The van der Waals surface area contributed by atoms with Gasteiger partial charge in [0.05, 0.1) is 0 Å². The molecule has 0 bridgehead atoms. The number of aromatic nitrogens is 2. The smallest absolute Gasteiger partial charge is 0.272 e. The molecule has 6 heteroatoms. The van der Waals surface area contributed by atoms with E-state index in [1.165, 1.54) is 0 Å². The summed E-state index contributed by atoms with van der Waals surface area (Å²) < 4.78 is 0. The van der Waals surface area contributed by atoms with Crippen LogP contribution in [0.2, 0.25) is 0 Å². The predicted octanol–water partition coefficient (Wildman–Crippen LogP) is 1.44. The number of carbonyl (C=O) groups excluding carboxylic acids is 1. The number of hydrogen-bond donors (Lipinski definition) is 0. The van der Waals surface area contributed by atoms with Gasteiger partial charge in [-0.05, 0) is 18.5 Å². The Balaban J connectivity index is 2.22. The summed E-state index contributed by atoms with van der Waals surface area (Å²) in [7, 11) is 3.79. The molecule has 0 N–H and O–H groups in total. The molecular formula is C16H27N5O. The molecular weight excluding hydrogens is 278 g/mol. The second-order valence-electron chi connectivity index (χ2n) is 6.25. The van der Waals surface area contributed by atoms with Gasteiger partial charge >= 0.3 is 0 Å². The van der Waals surface area contributed by atoms with Crippen molar-refractivity contribution in [1.29, 1.82) is 0 Å². The van der Waals surface area contributed by atoms with E-state index < -0.39 is 0 Å². The molecule has 2 rings (SSSR count). The minimum atomic E-state index is 0.0168. The zero-order chi connectivity index (χ0) is 16.3. The fraction of sp³-hybridized carbons (Fsp3) is 0.688. The fourth-order valence-electron chi connectivity index (χ4n) is 2.49. The molecule has 1 amide bonds. The largest absolute Gasteiger partial charge is 0.347 e. The number of anilines is 1. The molecule has 6 nitrogen and oxygen atoms in total. The lowest BCUT2D eigenvalue weighted by atomic mass is 10.1. The topological polar surface area (TPSA) is 52.6 Å². The Morgan fingerprint density at radius 3 is 2.36 bits per heavy atom. The average Bonchev–Trinajstić information content (AvgIpc) is 2.53.